The molecule has 0 radical (unpaired) electrons. The number of hydrogen-bond acceptors (Lipinski definition) is 2. The maximum absolute atomic E-state index is 9.10. The Balaban J connectivity index is 2.26. The molecule has 0 saturated carbocycles. The van der Waals surface area contributed by atoms with Crippen molar-refractivity contribution in [2.45, 2.75) is 38.3 Å². The van der Waals surface area contributed by atoms with Gasteiger partial charge in [0.1, 0.15) is 0 Å². The van der Waals surface area contributed by atoms with Crippen molar-refractivity contribution < 1.29 is 5.11 Å². The minimum atomic E-state index is -0.134. The summed E-state index contributed by atoms with van der Waals surface area (Å²) in [6.45, 7) is 3.07. The van der Waals surface area contributed by atoms with E-state index in [1.165, 1.54) is 19.4 Å². The van der Waals surface area contributed by atoms with Gasteiger partial charge in [-0.05, 0) is 39.8 Å². The third kappa shape index (κ3) is 1.96. The molecule has 1 fully saturated rings. The Morgan fingerprint density at radius 1 is 1.70 bits per heavy atom. The SMILES string of the molecule is C[C@@H](O)C[C@H]1CCCN1C. The van der Waals surface area contributed by atoms with Crippen LogP contribution in [0.4, 0.5) is 0 Å². The fraction of sp³-hybridized carbons (Fsp3) is 1.00. The predicted molar refractivity (Wildman–Crippen MR) is 41.9 cm³/mol. The van der Waals surface area contributed by atoms with Crippen LogP contribution >= 0.6 is 0 Å². The molecular formula is C8H17NO. The van der Waals surface area contributed by atoms with Crippen LogP contribution in [-0.2, 0) is 0 Å². The van der Waals surface area contributed by atoms with Gasteiger partial charge in [0.25, 0.3) is 0 Å². The van der Waals surface area contributed by atoms with Crippen LogP contribution in [0.1, 0.15) is 26.2 Å². The van der Waals surface area contributed by atoms with Crippen LogP contribution in [0.2, 0.25) is 0 Å². The van der Waals surface area contributed by atoms with E-state index in [0.717, 1.165) is 6.42 Å². The van der Waals surface area contributed by atoms with Crippen molar-refractivity contribution >= 4 is 0 Å². The van der Waals surface area contributed by atoms with Crippen molar-refractivity contribution in [2.75, 3.05) is 13.6 Å². The summed E-state index contributed by atoms with van der Waals surface area (Å²) >= 11 is 0. The van der Waals surface area contributed by atoms with Crippen LogP contribution < -0.4 is 0 Å². The zero-order chi connectivity index (χ0) is 7.56. The lowest BCUT2D eigenvalue weighted by Crippen LogP contribution is -2.27. The average molecular weight is 143 g/mol. The summed E-state index contributed by atoms with van der Waals surface area (Å²) in [6, 6.07) is 0.639. The van der Waals surface area contributed by atoms with Gasteiger partial charge in [-0.3, -0.25) is 0 Å². The zero-order valence-corrected chi connectivity index (χ0v) is 6.88. The summed E-state index contributed by atoms with van der Waals surface area (Å²) in [4.78, 5) is 2.34. The van der Waals surface area contributed by atoms with Crippen molar-refractivity contribution in [3.05, 3.63) is 0 Å². The predicted octanol–water partition coefficient (Wildman–Crippen LogP) is 0.851. The summed E-state index contributed by atoms with van der Waals surface area (Å²) in [5.74, 6) is 0. The largest absolute Gasteiger partial charge is 0.393 e. The maximum Gasteiger partial charge on any atom is 0.0527 e. The Bertz CT molecular complexity index is 103. The van der Waals surface area contributed by atoms with Crippen LogP contribution in [0, 0.1) is 0 Å². The van der Waals surface area contributed by atoms with Gasteiger partial charge in [0, 0.05) is 6.04 Å². The second-order valence-electron chi connectivity index (χ2n) is 3.36. The molecule has 0 bridgehead atoms. The van der Waals surface area contributed by atoms with Crippen LogP contribution in [-0.4, -0.2) is 35.7 Å². The van der Waals surface area contributed by atoms with E-state index in [9.17, 15) is 0 Å². The minimum absolute atomic E-state index is 0.134. The molecule has 0 aromatic rings. The van der Waals surface area contributed by atoms with Crippen molar-refractivity contribution in [1.82, 2.24) is 4.90 Å². The lowest BCUT2D eigenvalue weighted by molar-refractivity contribution is 0.144. The Kier molecular flexibility index (Phi) is 2.69. The van der Waals surface area contributed by atoms with Gasteiger partial charge in [0.05, 0.1) is 6.10 Å². The molecule has 1 aliphatic rings. The van der Waals surface area contributed by atoms with Gasteiger partial charge in [0.2, 0.25) is 0 Å². The Hall–Kier alpha value is -0.0800. The molecule has 0 amide bonds. The van der Waals surface area contributed by atoms with Crippen LogP contribution in [0.15, 0.2) is 0 Å². The van der Waals surface area contributed by atoms with E-state index >= 15 is 0 Å². The van der Waals surface area contributed by atoms with E-state index < -0.39 is 0 Å². The molecule has 2 atom stereocenters. The van der Waals surface area contributed by atoms with Crippen LogP contribution in [0.25, 0.3) is 0 Å². The molecule has 1 N–H and O–H groups in total. The molecule has 0 aromatic heterocycles. The molecule has 0 spiro atoms. The summed E-state index contributed by atoms with van der Waals surface area (Å²) in [6.07, 6.45) is 3.37. The monoisotopic (exact) mass is 143 g/mol. The summed E-state index contributed by atoms with van der Waals surface area (Å²) < 4.78 is 0. The van der Waals surface area contributed by atoms with E-state index in [2.05, 4.69) is 11.9 Å². The normalized spacial score (nSPS) is 30.9. The summed E-state index contributed by atoms with van der Waals surface area (Å²) in [5, 5.41) is 9.10. The lowest BCUT2D eigenvalue weighted by Gasteiger charge is -2.20. The first-order valence-electron chi connectivity index (χ1n) is 4.08. The highest BCUT2D eigenvalue weighted by Crippen LogP contribution is 2.18. The van der Waals surface area contributed by atoms with E-state index in [1.807, 2.05) is 6.92 Å². The first-order chi connectivity index (χ1) is 4.70. The van der Waals surface area contributed by atoms with Crippen molar-refractivity contribution in [3.8, 4) is 0 Å². The van der Waals surface area contributed by atoms with Gasteiger partial charge in [-0.2, -0.15) is 0 Å². The number of aliphatic hydroxyl groups excluding tert-OH is 1. The fourth-order valence-electron chi connectivity index (χ4n) is 1.67. The standard InChI is InChI=1S/C8H17NO/c1-7(10)6-8-4-3-5-9(8)2/h7-8,10H,3-6H2,1-2H3/t7-,8-/m1/s1. The highest BCUT2D eigenvalue weighted by Gasteiger charge is 2.21. The number of rotatable bonds is 2. The number of hydrogen-bond donors (Lipinski definition) is 1. The van der Waals surface area contributed by atoms with E-state index in [-0.39, 0.29) is 6.10 Å². The first kappa shape index (κ1) is 8.02. The molecule has 1 saturated heterocycles. The minimum Gasteiger partial charge on any atom is -0.393 e. The van der Waals surface area contributed by atoms with Gasteiger partial charge in [0.15, 0.2) is 0 Å². The Labute approximate surface area is 62.8 Å². The molecule has 10 heavy (non-hydrogen) atoms. The summed E-state index contributed by atoms with van der Waals surface area (Å²) in [7, 11) is 2.14. The van der Waals surface area contributed by atoms with E-state index in [1.54, 1.807) is 0 Å². The van der Waals surface area contributed by atoms with E-state index in [0.29, 0.717) is 6.04 Å². The molecule has 60 valence electrons. The second-order valence-corrected chi connectivity index (χ2v) is 3.36. The number of aliphatic hydroxyl groups is 1. The molecule has 1 rings (SSSR count). The maximum atomic E-state index is 9.10. The molecule has 2 heteroatoms. The van der Waals surface area contributed by atoms with Crippen molar-refractivity contribution in [1.29, 1.82) is 0 Å². The lowest BCUT2D eigenvalue weighted by atomic mass is 10.1. The van der Waals surface area contributed by atoms with Gasteiger partial charge < -0.3 is 10.0 Å². The quantitative estimate of drug-likeness (QED) is 0.619. The molecule has 0 aliphatic carbocycles. The van der Waals surface area contributed by atoms with Crippen LogP contribution in [0.3, 0.4) is 0 Å². The smallest absolute Gasteiger partial charge is 0.0527 e. The topological polar surface area (TPSA) is 23.5 Å². The van der Waals surface area contributed by atoms with Crippen molar-refractivity contribution in [3.63, 3.8) is 0 Å². The third-order valence-corrected chi connectivity index (χ3v) is 2.28. The average Bonchev–Trinajstić information content (AvgIpc) is 2.15. The van der Waals surface area contributed by atoms with E-state index in [4.69, 9.17) is 5.11 Å². The number of nitrogens with zero attached hydrogens (tertiary/aromatic N) is 1. The molecule has 1 heterocycles. The van der Waals surface area contributed by atoms with Crippen LogP contribution in [0.5, 0.6) is 0 Å². The Morgan fingerprint density at radius 3 is 2.80 bits per heavy atom. The van der Waals surface area contributed by atoms with Gasteiger partial charge in [-0.25, -0.2) is 0 Å². The zero-order valence-electron chi connectivity index (χ0n) is 6.88. The Morgan fingerprint density at radius 2 is 2.40 bits per heavy atom. The van der Waals surface area contributed by atoms with Gasteiger partial charge in [-0.15, -0.1) is 0 Å². The van der Waals surface area contributed by atoms with Gasteiger partial charge in [-0.1, -0.05) is 0 Å². The molecular weight excluding hydrogens is 126 g/mol. The van der Waals surface area contributed by atoms with Crippen molar-refractivity contribution in [2.24, 2.45) is 0 Å². The molecule has 0 unspecified atom stereocenters. The summed E-state index contributed by atoms with van der Waals surface area (Å²) in [5.41, 5.74) is 0. The third-order valence-electron chi connectivity index (χ3n) is 2.28. The first-order valence-corrected chi connectivity index (χ1v) is 4.08. The molecule has 0 aromatic carbocycles. The molecule has 1 aliphatic heterocycles. The molecule has 2 nitrogen and oxygen atoms in total. The second kappa shape index (κ2) is 3.35. The van der Waals surface area contributed by atoms with Gasteiger partial charge >= 0.3 is 0 Å². The fourth-order valence-corrected chi connectivity index (χ4v) is 1.67. The highest BCUT2D eigenvalue weighted by atomic mass is 16.3. The highest BCUT2D eigenvalue weighted by molar-refractivity contribution is 4.77. The number of likely N-dealkylation sites (tertiary alicyclic amines) is 1.